The average Bonchev–Trinajstić information content (AvgIpc) is 2.95. The van der Waals surface area contributed by atoms with Crippen molar-refractivity contribution in [3.63, 3.8) is 0 Å². The van der Waals surface area contributed by atoms with Crippen LogP contribution in [0, 0.1) is 0 Å². The molecule has 1 aliphatic heterocycles. The van der Waals surface area contributed by atoms with E-state index in [4.69, 9.17) is 9.94 Å². The number of carbonyl (C=O) groups excluding carboxylic acids is 2. The van der Waals surface area contributed by atoms with Crippen molar-refractivity contribution in [1.82, 2.24) is 10.9 Å². The number of benzene rings is 1. The molecule has 0 bridgehead atoms. The first-order valence-electron chi connectivity index (χ1n) is 6.63. The summed E-state index contributed by atoms with van der Waals surface area (Å²) in [6.07, 6.45) is 1.11. The Bertz CT molecular complexity index is 685. The van der Waals surface area contributed by atoms with Crippen LogP contribution >= 0.6 is 11.8 Å². The molecule has 0 atom stereocenters. The lowest BCUT2D eigenvalue weighted by Gasteiger charge is -2.06. The highest BCUT2D eigenvalue weighted by Crippen LogP contribution is 2.23. The minimum absolute atomic E-state index is 0.120. The molecule has 0 unspecified atom stereocenters. The predicted octanol–water partition coefficient (Wildman–Crippen LogP) is 1.26. The number of thioether (sulfide) groups is 1. The lowest BCUT2D eigenvalue weighted by Crippen LogP contribution is -2.39. The first-order chi connectivity index (χ1) is 11.1. The predicted molar refractivity (Wildman–Crippen MR) is 86.0 cm³/mol. The van der Waals surface area contributed by atoms with E-state index >= 15 is 0 Å². The fourth-order valence-corrected chi connectivity index (χ4v) is 2.29. The van der Waals surface area contributed by atoms with E-state index in [-0.39, 0.29) is 28.4 Å². The third-order valence-electron chi connectivity index (χ3n) is 2.59. The molecule has 0 radical (unpaired) electrons. The molecule has 0 saturated heterocycles. The lowest BCUT2D eigenvalue weighted by molar-refractivity contribution is -0.137. The van der Waals surface area contributed by atoms with Crippen LogP contribution in [0.2, 0.25) is 0 Å². The highest BCUT2D eigenvalue weighted by Gasteiger charge is 2.22. The second-order valence-corrected chi connectivity index (χ2v) is 5.13. The molecular weight excluding hydrogens is 320 g/mol. The van der Waals surface area contributed by atoms with Gasteiger partial charge in [0.15, 0.2) is 10.2 Å². The highest BCUT2D eigenvalue weighted by atomic mass is 32.2. The molecule has 0 aliphatic carbocycles. The summed E-state index contributed by atoms with van der Waals surface area (Å²) in [5.41, 5.74) is 5.69. The number of ether oxygens (including phenoxy) is 1. The quantitative estimate of drug-likeness (QED) is 0.332. The van der Waals surface area contributed by atoms with Crippen molar-refractivity contribution in [1.29, 1.82) is 0 Å². The Hall–Kier alpha value is -2.81. The summed E-state index contributed by atoms with van der Waals surface area (Å²) in [6.45, 7) is 1.90. The first-order valence-corrected chi connectivity index (χ1v) is 7.44. The van der Waals surface area contributed by atoms with Gasteiger partial charge in [-0.2, -0.15) is 0 Å². The van der Waals surface area contributed by atoms with E-state index in [9.17, 15) is 9.59 Å². The van der Waals surface area contributed by atoms with Crippen molar-refractivity contribution in [2.24, 2.45) is 10.1 Å². The third kappa shape index (κ3) is 4.58. The van der Waals surface area contributed by atoms with Crippen LogP contribution in [0.25, 0.3) is 0 Å². The maximum absolute atomic E-state index is 11.9. The van der Waals surface area contributed by atoms with Crippen molar-refractivity contribution in [2.75, 3.05) is 6.61 Å². The summed E-state index contributed by atoms with van der Waals surface area (Å²) in [6, 6.07) is 8.61. The van der Waals surface area contributed by atoms with Gasteiger partial charge in [-0.05, 0) is 30.8 Å². The fraction of sp³-hybridized carbons (Fsp3) is 0.143. The van der Waals surface area contributed by atoms with Crippen LogP contribution in [0.5, 0.6) is 0 Å². The number of nitrogens with zero attached hydrogens (tertiary/aromatic N) is 2. The number of amidine groups is 1. The van der Waals surface area contributed by atoms with Gasteiger partial charge in [-0.15, -0.1) is 0 Å². The van der Waals surface area contributed by atoms with Gasteiger partial charge in [0.1, 0.15) is 5.70 Å². The van der Waals surface area contributed by atoms with Gasteiger partial charge in [0.2, 0.25) is 0 Å². The number of aliphatic imine (C=N–C) groups is 1. The molecule has 0 spiro atoms. The molecular formula is C14H14N4O4S. The van der Waals surface area contributed by atoms with Gasteiger partial charge < -0.3 is 9.94 Å². The maximum atomic E-state index is 11.9. The van der Waals surface area contributed by atoms with E-state index in [1.54, 1.807) is 37.3 Å². The first kappa shape index (κ1) is 16.6. The molecule has 1 heterocycles. The standard InChI is InChI=1S/C14H14N4O4S/c1-2-22-11(19)8-10-13(18-21)23-14(15-10)17-16-12(20)9-6-4-3-5-7-9/h3-8,21H,2H2,1H3,(H,15,17)(H,16,20). The SMILES string of the molecule is CCOC(=O)C=C1N=C(NNC(=O)c2ccccc2)SC1=NO. The summed E-state index contributed by atoms with van der Waals surface area (Å²) < 4.78 is 4.77. The smallest absolute Gasteiger partial charge is 0.333 e. The topological polar surface area (TPSA) is 112 Å². The summed E-state index contributed by atoms with van der Waals surface area (Å²) in [5.74, 6) is -0.943. The fourth-order valence-electron chi connectivity index (χ4n) is 1.61. The van der Waals surface area contributed by atoms with Crippen LogP contribution in [0.1, 0.15) is 17.3 Å². The number of rotatable bonds is 3. The van der Waals surface area contributed by atoms with Crippen molar-refractivity contribution >= 4 is 33.8 Å². The van der Waals surface area contributed by atoms with Gasteiger partial charge in [0.25, 0.3) is 5.91 Å². The van der Waals surface area contributed by atoms with E-state index in [2.05, 4.69) is 21.0 Å². The second-order valence-electron chi connectivity index (χ2n) is 4.15. The van der Waals surface area contributed by atoms with Crippen molar-refractivity contribution in [3.05, 3.63) is 47.7 Å². The Morgan fingerprint density at radius 1 is 1.39 bits per heavy atom. The molecule has 120 valence electrons. The monoisotopic (exact) mass is 334 g/mol. The van der Waals surface area contributed by atoms with Gasteiger partial charge in [-0.3, -0.25) is 15.6 Å². The molecule has 0 saturated carbocycles. The van der Waals surface area contributed by atoms with Crippen molar-refractivity contribution < 1.29 is 19.5 Å². The van der Waals surface area contributed by atoms with Crippen LogP contribution in [-0.4, -0.2) is 33.9 Å². The Morgan fingerprint density at radius 3 is 2.78 bits per heavy atom. The van der Waals surface area contributed by atoms with Gasteiger partial charge in [-0.25, -0.2) is 9.79 Å². The Labute approximate surface area is 136 Å². The van der Waals surface area contributed by atoms with Gasteiger partial charge in [0.05, 0.1) is 12.7 Å². The number of hydrogen-bond acceptors (Lipinski definition) is 8. The molecule has 2 rings (SSSR count). The zero-order chi connectivity index (χ0) is 16.7. The zero-order valence-electron chi connectivity index (χ0n) is 12.1. The van der Waals surface area contributed by atoms with Crippen LogP contribution in [0.3, 0.4) is 0 Å². The van der Waals surface area contributed by atoms with Crippen molar-refractivity contribution in [3.8, 4) is 0 Å². The summed E-state index contributed by atoms with van der Waals surface area (Å²) >= 11 is 0.964. The van der Waals surface area contributed by atoms with Crippen LogP contribution in [0.15, 0.2) is 52.3 Å². The Morgan fingerprint density at radius 2 is 2.13 bits per heavy atom. The number of hydrazine groups is 1. The molecule has 9 heteroatoms. The van der Waals surface area contributed by atoms with Crippen LogP contribution in [0.4, 0.5) is 0 Å². The molecule has 0 aromatic heterocycles. The van der Waals surface area contributed by atoms with Crippen molar-refractivity contribution in [2.45, 2.75) is 6.92 Å². The number of nitrogens with one attached hydrogen (secondary N) is 2. The minimum atomic E-state index is -0.595. The second kappa shape index (κ2) is 7.99. The summed E-state index contributed by atoms with van der Waals surface area (Å²) in [7, 11) is 0. The van der Waals surface area contributed by atoms with E-state index in [0.29, 0.717) is 5.56 Å². The highest BCUT2D eigenvalue weighted by molar-refractivity contribution is 8.27. The lowest BCUT2D eigenvalue weighted by atomic mass is 10.2. The Kier molecular flexibility index (Phi) is 5.75. The van der Waals surface area contributed by atoms with Gasteiger partial charge in [0, 0.05) is 5.56 Å². The molecule has 8 nitrogen and oxygen atoms in total. The van der Waals surface area contributed by atoms with Crippen LogP contribution in [-0.2, 0) is 9.53 Å². The number of amides is 1. The summed E-state index contributed by atoms with van der Waals surface area (Å²) in [5, 5.41) is 12.4. The average molecular weight is 334 g/mol. The molecule has 0 fully saturated rings. The molecule has 1 aromatic carbocycles. The minimum Gasteiger partial charge on any atom is -0.463 e. The number of oxime groups is 1. The third-order valence-corrected chi connectivity index (χ3v) is 3.46. The van der Waals surface area contributed by atoms with E-state index in [1.807, 2.05) is 0 Å². The normalized spacial score (nSPS) is 17.0. The maximum Gasteiger partial charge on any atom is 0.333 e. The number of carbonyl (C=O) groups is 2. The molecule has 23 heavy (non-hydrogen) atoms. The van der Waals surface area contributed by atoms with E-state index < -0.39 is 5.97 Å². The van der Waals surface area contributed by atoms with Crippen LogP contribution < -0.4 is 10.9 Å². The zero-order valence-corrected chi connectivity index (χ0v) is 13.0. The van der Waals surface area contributed by atoms with Gasteiger partial charge in [-0.1, -0.05) is 23.4 Å². The molecule has 1 aliphatic rings. The largest absolute Gasteiger partial charge is 0.463 e. The van der Waals surface area contributed by atoms with Gasteiger partial charge >= 0.3 is 5.97 Å². The molecule has 1 aromatic rings. The van der Waals surface area contributed by atoms with E-state index in [1.165, 1.54) is 0 Å². The molecule has 3 N–H and O–H groups in total. The summed E-state index contributed by atoms with van der Waals surface area (Å²) in [4.78, 5) is 27.4. The number of esters is 1. The number of hydrogen-bond donors (Lipinski definition) is 3. The Balaban J connectivity index is 2.01. The molecule has 1 amide bonds. The van der Waals surface area contributed by atoms with E-state index in [0.717, 1.165) is 17.8 Å².